The molecule has 0 saturated carbocycles. The number of aromatic nitrogens is 1. The Labute approximate surface area is 131 Å². The van der Waals surface area contributed by atoms with Crippen molar-refractivity contribution in [3.63, 3.8) is 0 Å². The van der Waals surface area contributed by atoms with Crippen molar-refractivity contribution in [3.8, 4) is 0 Å². The smallest absolute Gasteiger partial charge is 0.223 e. The van der Waals surface area contributed by atoms with E-state index in [1.807, 2.05) is 29.2 Å². The first kappa shape index (κ1) is 14.8. The van der Waals surface area contributed by atoms with Crippen LogP contribution in [0.25, 0.3) is 0 Å². The molecule has 0 bridgehead atoms. The Bertz CT molecular complexity index is 580. The first-order valence-corrected chi connectivity index (χ1v) is 8.06. The molecule has 0 aromatic carbocycles. The van der Waals surface area contributed by atoms with Crippen LogP contribution in [0.5, 0.6) is 0 Å². The molecule has 4 heteroatoms. The van der Waals surface area contributed by atoms with E-state index in [-0.39, 0.29) is 11.9 Å². The Balaban J connectivity index is 1.67. The predicted molar refractivity (Wildman–Crippen MR) is 84.2 cm³/mol. The van der Waals surface area contributed by atoms with Crippen LogP contribution < -0.4 is 0 Å². The number of likely N-dealkylation sites (tertiary alicyclic amines) is 1. The monoisotopic (exact) mass is 298 g/mol. The minimum atomic E-state index is 0.0995. The highest BCUT2D eigenvalue weighted by Crippen LogP contribution is 2.31. The Morgan fingerprint density at radius 1 is 1.23 bits per heavy atom. The predicted octanol–water partition coefficient (Wildman–Crippen LogP) is 3.75. The molecule has 1 saturated heterocycles. The van der Waals surface area contributed by atoms with E-state index in [0.29, 0.717) is 6.42 Å². The van der Waals surface area contributed by atoms with Crippen LogP contribution >= 0.6 is 0 Å². The average molecular weight is 298 g/mol. The van der Waals surface area contributed by atoms with E-state index < -0.39 is 0 Å². The lowest BCUT2D eigenvalue weighted by atomic mass is 10.1. The molecule has 3 rings (SSSR count). The normalized spacial score (nSPS) is 18.9. The maximum atomic E-state index is 12.7. The second-order valence-corrected chi connectivity index (χ2v) is 5.82. The first-order valence-electron chi connectivity index (χ1n) is 8.06. The van der Waals surface area contributed by atoms with E-state index >= 15 is 0 Å². The number of hydrogen-bond acceptors (Lipinski definition) is 3. The van der Waals surface area contributed by atoms with Crippen molar-refractivity contribution in [3.05, 3.63) is 54.2 Å². The van der Waals surface area contributed by atoms with Gasteiger partial charge in [0.2, 0.25) is 5.91 Å². The van der Waals surface area contributed by atoms with Crippen LogP contribution in [-0.4, -0.2) is 22.3 Å². The third kappa shape index (κ3) is 3.56. The number of aryl methyl sites for hydroxylation is 1. The molecule has 22 heavy (non-hydrogen) atoms. The van der Waals surface area contributed by atoms with Crippen molar-refractivity contribution in [2.45, 2.75) is 44.6 Å². The number of nitrogens with zero attached hydrogens (tertiary/aromatic N) is 2. The van der Waals surface area contributed by atoms with E-state index in [1.165, 1.54) is 6.42 Å². The molecule has 2 aromatic rings. The van der Waals surface area contributed by atoms with Crippen molar-refractivity contribution in [2.24, 2.45) is 0 Å². The summed E-state index contributed by atoms with van der Waals surface area (Å²) in [4.78, 5) is 18.7. The molecular formula is C18H22N2O2. The number of hydrogen-bond donors (Lipinski definition) is 0. The third-order valence-corrected chi connectivity index (χ3v) is 4.32. The van der Waals surface area contributed by atoms with Gasteiger partial charge < -0.3 is 9.32 Å². The quantitative estimate of drug-likeness (QED) is 0.863. The number of amides is 1. The second kappa shape index (κ2) is 7.25. The number of carbonyl (C=O) groups is 1. The highest BCUT2D eigenvalue weighted by Gasteiger charge is 2.28. The van der Waals surface area contributed by atoms with Gasteiger partial charge in [-0.3, -0.25) is 9.78 Å². The summed E-state index contributed by atoms with van der Waals surface area (Å²) in [5, 5.41) is 0. The zero-order valence-corrected chi connectivity index (χ0v) is 12.8. The van der Waals surface area contributed by atoms with Gasteiger partial charge in [0.1, 0.15) is 5.76 Å². The lowest BCUT2D eigenvalue weighted by Gasteiger charge is -2.28. The van der Waals surface area contributed by atoms with Crippen LogP contribution in [0.2, 0.25) is 0 Å². The Morgan fingerprint density at radius 2 is 2.09 bits per heavy atom. The Kier molecular flexibility index (Phi) is 4.88. The topological polar surface area (TPSA) is 46.3 Å². The average Bonchev–Trinajstić information content (AvgIpc) is 2.98. The summed E-state index contributed by atoms with van der Waals surface area (Å²) in [6.45, 7) is 0.834. The van der Waals surface area contributed by atoms with Gasteiger partial charge in [-0.25, -0.2) is 0 Å². The summed E-state index contributed by atoms with van der Waals surface area (Å²) in [5.74, 6) is 1.14. The van der Waals surface area contributed by atoms with E-state index in [0.717, 1.165) is 43.6 Å². The molecule has 0 unspecified atom stereocenters. The number of furan rings is 1. The van der Waals surface area contributed by atoms with E-state index in [1.54, 1.807) is 18.7 Å². The molecule has 1 aliphatic rings. The van der Waals surface area contributed by atoms with Crippen LogP contribution in [0.1, 0.15) is 49.5 Å². The highest BCUT2D eigenvalue weighted by atomic mass is 16.3. The molecule has 3 heterocycles. The Morgan fingerprint density at radius 3 is 2.86 bits per heavy atom. The minimum absolute atomic E-state index is 0.0995. The lowest BCUT2D eigenvalue weighted by Crippen LogP contribution is -2.34. The maximum Gasteiger partial charge on any atom is 0.223 e. The van der Waals surface area contributed by atoms with Gasteiger partial charge in [0.05, 0.1) is 12.3 Å². The number of carbonyl (C=O) groups excluding carboxylic acids is 1. The van der Waals surface area contributed by atoms with Gasteiger partial charge >= 0.3 is 0 Å². The van der Waals surface area contributed by atoms with Crippen molar-refractivity contribution in [2.75, 3.05) is 6.54 Å². The van der Waals surface area contributed by atoms with E-state index in [9.17, 15) is 4.79 Å². The molecule has 1 aliphatic heterocycles. The first-order chi connectivity index (χ1) is 10.8. The van der Waals surface area contributed by atoms with E-state index in [2.05, 4.69) is 4.98 Å². The molecule has 2 aromatic heterocycles. The van der Waals surface area contributed by atoms with Gasteiger partial charge in [-0.05, 0) is 49.1 Å². The summed E-state index contributed by atoms with van der Waals surface area (Å²) in [6.07, 6.45) is 11.0. The summed E-state index contributed by atoms with van der Waals surface area (Å²) in [5.41, 5.74) is 1.16. The number of pyridine rings is 1. The van der Waals surface area contributed by atoms with Gasteiger partial charge in [-0.15, -0.1) is 0 Å². The van der Waals surface area contributed by atoms with Crippen LogP contribution in [-0.2, 0) is 11.2 Å². The van der Waals surface area contributed by atoms with Gasteiger partial charge in [0.15, 0.2) is 0 Å². The molecule has 1 fully saturated rings. The molecule has 0 radical (unpaired) electrons. The minimum Gasteiger partial charge on any atom is -0.467 e. The summed E-state index contributed by atoms with van der Waals surface area (Å²) in [6, 6.07) is 7.93. The molecule has 0 aliphatic carbocycles. The van der Waals surface area contributed by atoms with E-state index in [4.69, 9.17) is 4.42 Å². The fourth-order valence-corrected chi connectivity index (χ4v) is 3.13. The SMILES string of the molecule is O=C(CCc1ccncc1)N1CCCCC[C@H]1c1ccco1. The highest BCUT2D eigenvalue weighted by molar-refractivity contribution is 5.77. The maximum absolute atomic E-state index is 12.7. The summed E-state index contributed by atoms with van der Waals surface area (Å²) < 4.78 is 5.57. The number of rotatable bonds is 4. The fourth-order valence-electron chi connectivity index (χ4n) is 3.13. The molecule has 0 N–H and O–H groups in total. The van der Waals surface area contributed by atoms with Crippen molar-refractivity contribution in [1.82, 2.24) is 9.88 Å². The van der Waals surface area contributed by atoms with Crippen molar-refractivity contribution < 1.29 is 9.21 Å². The molecule has 1 amide bonds. The largest absolute Gasteiger partial charge is 0.467 e. The summed E-state index contributed by atoms with van der Waals surface area (Å²) >= 11 is 0. The van der Waals surface area contributed by atoms with Gasteiger partial charge in [-0.1, -0.05) is 12.8 Å². The molecule has 1 atom stereocenters. The molecule has 0 spiro atoms. The standard InChI is InChI=1S/C18H22N2O2/c21-18(8-7-15-9-11-19-12-10-15)20-13-3-1-2-5-16(20)17-6-4-14-22-17/h4,6,9-12,14,16H,1-3,5,7-8,13H2/t16-/m0/s1. The molecule has 116 valence electrons. The zero-order chi connectivity index (χ0) is 15.2. The molecular weight excluding hydrogens is 276 g/mol. The van der Waals surface area contributed by atoms with Crippen LogP contribution in [0.15, 0.2) is 47.3 Å². The lowest BCUT2D eigenvalue weighted by molar-refractivity contribution is -0.134. The van der Waals surface area contributed by atoms with Crippen LogP contribution in [0.3, 0.4) is 0 Å². The van der Waals surface area contributed by atoms with Crippen molar-refractivity contribution in [1.29, 1.82) is 0 Å². The van der Waals surface area contributed by atoms with Gasteiger partial charge in [0.25, 0.3) is 0 Å². The third-order valence-electron chi connectivity index (χ3n) is 4.32. The second-order valence-electron chi connectivity index (χ2n) is 5.82. The Hall–Kier alpha value is -2.10. The van der Waals surface area contributed by atoms with Gasteiger partial charge in [0, 0.05) is 25.4 Å². The van der Waals surface area contributed by atoms with Crippen LogP contribution in [0.4, 0.5) is 0 Å². The zero-order valence-electron chi connectivity index (χ0n) is 12.8. The summed E-state index contributed by atoms with van der Waals surface area (Å²) in [7, 11) is 0. The molecule has 4 nitrogen and oxygen atoms in total. The fraction of sp³-hybridized carbons (Fsp3) is 0.444. The van der Waals surface area contributed by atoms with Gasteiger partial charge in [-0.2, -0.15) is 0 Å². The van der Waals surface area contributed by atoms with Crippen molar-refractivity contribution >= 4 is 5.91 Å². The van der Waals surface area contributed by atoms with Crippen LogP contribution in [0, 0.1) is 0 Å².